The van der Waals surface area contributed by atoms with Crippen LogP contribution >= 0.6 is 35.0 Å². The summed E-state index contributed by atoms with van der Waals surface area (Å²) in [6.45, 7) is -0.463. The maximum Gasteiger partial charge on any atom is 0.335 e. The van der Waals surface area contributed by atoms with Gasteiger partial charge in [-0.3, -0.25) is 19.3 Å². The van der Waals surface area contributed by atoms with Gasteiger partial charge in [0.1, 0.15) is 19.0 Å². The number of nitrogens with one attached hydrogen (secondary N) is 1. The molecule has 1 heterocycles. The molecule has 12 heteroatoms. The number of imide groups is 1. The number of carbonyl (C=O) groups is 4. The molecule has 1 aliphatic heterocycles. The highest BCUT2D eigenvalue weighted by Crippen LogP contribution is 2.37. The molecule has 1 aliphatic rings. The molecule has 1 saturated heterocycles. The van der Waals surface area contributed by atoms with E-state index in [9.17, 15) is 23.6 Å². The third-order valence-electron chi connectivity index (χ3n) is 5.19. The van der Waals surface area contributed by atoms with E-state index in [4.69, 9.17) is 33.0 Å². The smallest absolute Gasteiger partial charge is 0.335 e. The highest BCUT2D eigenvalue weighted by Gasteiger charge is 2.36. The Hall–Kier alpha value is -3.86. The standard InChI is InChI=1S/C26H17Cl2FN2O6S/c27-19-8-15(9-20(28)23(19)37-13-14-4-6-16(7-5-14)25(34)35)10-21-24(33)31(26(36)38-21)12-22(32)30-18-3-1-2-17(29)11-18/h1-11H,12-13H2,(H,30,32)(H,34,35)/b21-10+. The van der Waals surface area contributed by atoms with E-state index in [0.717, 1.165) is 11.0 Å². The van der Waals surface area contributed by atoms with E-state index in [1.165, 1.54) is 48.5 Å². The predicted octanol–water partition coefficient (Wildman–Crippen LogP) is 6.08. The first kappa shape index (κ1) is 27.2. The number of benzene rings is 3. The molecule has 3 aromatic rings. The van der Waals surface area contributed by atoms with E-state index >= 15 is 0 Å². The normalized spacial score (nSPS) is 14.2. The zero-order chi connectivity index (χ0) is 27.4. The molecule has 0 spiro atoms. The lowest BCUT2D eigenvalue weighted by molar-refractivity contribution is -0.127. The Balaban J connectivity index is 1.42. The number of rotatable bonds is 8. The molecular weight excluding hydrogens is 558 g/mol. The Morgan fingerprint density at radius 2 is 1.74 bits per heavy atom. The molecular formula is C26H17Cl2FN2O6S. The van der Waals surface area contributed by atoms with Gasteiger partial charge in [0.25, 0.3) is 11.1 Å². The Morgan fingerprint density at radius 1 is 1.05 bits per heavy atom. The van der Waals surface area contributed by atoms with E-state index in [0.29, 0.717) is 22.9 Å². The van der Waals surface area contributed by atoms with Crippen molar-refractivity contribution in [1.29, 1.82) is 0 Å². The maximum absolute atomic E-state index is 13.3. The zero-order valence-corrected chi connectivity index (χ0v) is 21.6. The van der Waals surface area contributed by atoms with Crippen LogP contribution in [0.25, 0.3) is 6.08 Å². The molecule has 1 fully saturated rings. The molecule has 3 amide bonds. The number of carbonyl (C=O) groups excluding carboxylic acids is 3. The van der Waals surface area contributed by atoms with Gasteiger partial charge >= 0.3 is 5.97 Å². The van der Waals surface area contributed by atoms with Crippen LogP contribution in [0.4, 0.5) is 14.9 Å². The zero-order valence-electron chi connectivity index (χ0n) is 19.2. The third kappa shape index (κ3) is 6.52. The molecule has 0 aromatic heterocycles. The minimum Gasteiger partial charge on any atom is -0.486 e. The van der Waals surface area contributed by atoms with Crippen LogP contribution in [-0.2, 0) is 16.2 Å². The highest BCUT2D eigenvalue weighted by atomic mass is 35.5. The fourth-order valence-electron chi connectivity index (χ4n) is 3.40. The average Bonchev–Trinajstić information content (AvgIpc) is 3.11. The van der Waals surface area contributed by atoms with Crippen LogP contribution < -0.4 is 10.1 Å². The van der Waals surface area contributed by atoms with Gasteiger partial charge in [0.05, 0.1) is 20.5 Å². The molecule has 2 N–H and O–H groups in total. The summed E-state index contributed by atoms with van der Waals surface area (Å²) in [6.07, 6.45) is 1.42. The van der Waals surface area contributed by atoms with Crippen molar-refractivity contribution < 1.29 is 33.4 Å². The van der Waals surface area contributed by atoms with Gasteiger partial charge in [-0.25, -0.2) is 9.18 Å². The van der Waals surface area contributed by atoms with Crippen molar-refractivity contribution in [2.24, 2.45) is 0 Å². The van der Waals surface area contributed by atoms with Crippen LogP contribution in [0.5, 0.6) is 5.75 Å². The quantitative estimate of drug-likeness (QED) is 0.313. The molecule has 3 aromatic carbocycles. The fourth-order valence-corrected chi connectivity index (χ4v) is 4.85. The van der Waals surface area contributed by atoms with Gasteiger partial charge in [0.15, 0.2) is 5.75 Å². The first-order valence-electron chi connectivity index (χ1n) is 10.9. The number of amides is 3. The van der Waals surface area contributed by atoms with Crippen LogP contribution in [0.3, 0.4) is 0 Å². The van der Waals surface area contributed by atoms with Crippen LogP contribution in [0, 0.1) is 5.82 Å². The molecule has 8 nitrogen and oxygen atoms in total. The summed E-state index contributed by atoms with van der Waals surface area (Å²) < 4.78 is 19.0. The van der Waals surface area contributed by atoms with Gasteiger partial charge in [-0.1, -0.05) is 41.4 Å². The molecule has 0 aliphatic carbocycles. The number of hydrogen-bond acceptors (Lipinski definition) is 6. The number of anilines is 1. The topological polar surface area (TPSA) is 113 Å². The van der Waals surface area contributed by atoms with E-state index < -0.39 is 35.4 Å². The van der Waals surface area contributed by atoms with Crippen molar-refractivity contribution in [2.45, 2.75) is 6.61 Å². The van der Waals surface area contributed by atoms with Crippen molar-refractivity contribution >= 4 is 69.8 Å². The fraction of sp³-hybridized carbons (Fsp3) is 0.0769. The van der Waals surface area contributed by atoms with Crippen molar-refractivity contribution in [3.63, 3.8) is 0 Å². The summed E-state index contributed by atoms with van der Waals surface area (Å²) in [7, 11) is 0. The van der Waals surface area contributed by atoms with Gasteiger partial charge in [-0.2, -0.15) is 0 Å². The Bertz CT molecular complexity index is 1460. The van der Waals surface area contributed by atoms with Crippen LogP contribution in [-0.4, -0.2) is 39.6 Å². The van der Waals surface area contributed by atoms with Crippen molar-refractivity contribution in [2.75, 3.05) is 11.9 Å². The number of hydrogen-bond donors (Lipinski definition) is 2. The van der Waals surface area contributed by atoms with E-state index in [2.05, 4.69) is 5.32 Å². The summed E-state index contributed by atoms with van der Waals surface area (Å²) in [5.74, 6) is -2.73. The molecule has 194 valence electrons. The van der Waals surface area contributed by atoms with E-state index in [1.54, 1.807) is 12.1 Å². The first-order valence-corrected chi connectivity index (χ1v) is 12.4. The summed E-state index contributed by atoms with van der Waals surface area (Å²) in [5.41, 5.74) is 1.46. The number of carboxylic acids is 1. The summed E-state index contributed by atoms with van der Waals surface area (Å²) in [5, 5.41) is 11.1. The maximum atomic E-state index is 13.3. The molecule has 4 rings (SSSR count). The number of halogens is 3. The summed E-state index contributed by atoms with van der Waals surface area (Å²) >= 11 is 13.3. The molecule has 0 unspecified atom stereocenters. The van der Waals surface area contributed by atoms with Gasteiger partial charge in [-0.05, 0) is 71.4 Å². The molecule has 0 saturated carbocycles. The minimum atomic E-state index is -1.04. The lowest BCUT2D eigenvalue weighted by Crippen LogP contribution is -2.36. The molecule has 0 bridgehead atoms. The second kappa shape index (κ2) is 11.7. The monoisotopic (exact) mass is 574 g/mol. The van der Waals surface area contributed by atoms with Crippen LogP contribution in [0.2, 0.25) is 10.0 Å². The Kier molecular flexibility index (Phi) is 8.35. The minimum absolute atomic E-state index is 0.0628. The number of ether oxygens (including phenoxy) is 1. The van der Waals surface area contributed by atoms with Gasteiger partial charge in [0, 0.05) is 5.69 Å². The number of nitrogens with zero attached hydrogens (tertiary/aromatic N) is 1. The van der Waals surface area contributed by atoms with Gasteiger partial charge in [-0.15, -0.1) is 0 Å². The number of carboxylic acid groups (broad SMARTS) is 1. The third-order valence-corrected chi connectivity index (χ3v) is 6.66. The predicted molar refractivity (Wildman–Crippen MR) is 142 cm³/mol. The van der Waals surface area contributed by atoms with Crippen LogP contribution in [0.15, 0.2) is 65.6 Å². The Morgan fingerprint density at radius 3 is 2.37 bits per heavy atom. The summed E-state index contributed by atoms with van der Waals surface area (Å²) in [4.78, 5) is 49.3. The average molecular weight is 575 g/mol. The molecule has 38 heavy (non-hydrogen) atoms. The van der Waals surface area contributed by atoms with Crippen molar-refractivity contribution in [1.82, 2.24) is 4.90 Å². The SMILES string of the molecule is O=C(CN1C(=O)S/C(=C/c2cc(Cl)c(OCc3ccc(C(=O)O)cc3)c(Cl)c2)C1=O)Nc1cccc(F)c1. The highest BCUT2D eigenvalue weighted by molar-refractivity contribution is 8.18. The molecule has 0 radical (unpaired) electrons. The number of aromatic carboxylic acids is 1. The van der Waals surface area contributed by atoms with E-state index in [1.807, 2.05) is 0 Å². The van der Waals surface area contributed by atoms with Crippen LogP contribution in [0.1, 0.15) is 21.5 Å². The Labute approximate surface area is 230 Å². The lowest BCUT2D eigenvalue weighted by Gasteiger charge is -2.12. The molecule has 0 atom stereocenters. The largest absolute Gasteiger partial charge is 0.486 e. The lowest BCUT2D eigenvalue weighted by atomic mass is 10.1. The van der Waals surface area contributed by atoms with Gasteiger partial charge in [0.2, 0.25) is 5.91 Å². The second-order valence-corrected chi connectivity index (χ2v) is 9.74. The second-order valence-electron chi connectivity index (χ2n) is 7.93. The van der Waals surface area contributed by atoms with Gasteiger partial charge < -0.3 is 15.2 Å². The van der Waals surface area contributed by atoms with Crippen molar-refractivity contribution in [3.8, 4) is 5.75 Å². The van der Waals surface area contributed by atoms with E-state index in [-0.39, 0.29) is 38.6 Å². The number of thioether (sulfide) groups is 1. The first-order chi connectivity index (χ1) is 18.1. The van der Waals surface area contributed by atoms with Crippen molar-refractivity contribution in [3.05, 3.63) is 98.1 Å². The summed E-state index contributed by atoms with van der Waals surface area (Å²) in [6, 6.07) is 14.3.